The monoisotopic (exact) mass is 338 g/mol. The average molecular weight is 338 g/mol. The molecule has 0 amide bonds. The SMILES string of the molecule is Cc1cc(Nc2nc(C(O)c3cccc(F)c3)nc3cccn23)n[nH]1. The molecule has 4 aromatic rings. The highest BCUT2D eigenvalue weighted by molar-refractivity contribution is 5.54. The minimum absolute atomic E-state index is 0.173. The molecule has 1 aromatic carbocycles. The number of rotatable bonds is 4. The van der Waals surface area contributed by atoms with E-state index in [9.17, 15) is 9.50 Å². The summed E-state index contributed by atoms with van der Waals surface area (Å²) in [4.78, 5) is 8.76. The van der Waals surface area contributed by atoms with Crippen LogP contribution in [-0.4, -0.2) is 29.7 Å². The van der Waals surface area contributed by atoms with Crippen LogP contribution in [0.3, 0.4) is 0 Å². The number of benzene rings is 1. The zero-order chi connectivity index (χ0) is 17.4. The second-order valence-electron chi connectivity index (χ2n) is 5.66. The highest BCUT2D eigenvalue weighted by Crippen LogP contribution is 2.23. The van der Waals surface area contributed by atoms with Gasteiger partial charge < -0.3 is 10.4 Å². The lowest BCUT2D eigenvalue weighted by Crippen LogP contribution is -2.11. The van der Waals surface area contributed by atoms with Crippen LogP contribution in [-0.2, 0) is 0 Å². The summed E-state index contributed by atoms with van der Waals surface area (Å²) in [6.07, 6.45) is 0.660. The van der Waals surface area contributed by atoms with Crippen LogP contribution in [0.25, 0.3) is 5.65 Å². The predicted octanol–water partition coefficient (Wildman–Crippen LogP) is 2.73. The van der Waals surface area contributed by atoms with E-state index in [-0.39, 0.29) is 5.82 Å². The summed E-state index contributed by atoms with van der Waals surface area (Å²) in [6, 6.07) is 11.2. The quantitative estimate of drug-likeness (QED) is 0.532. The van der Waals surface area contributed by atoms with E-state index in [1.807, 2.05) is 19.1 Å². The fraction of sp³-hybridized carbons (Fsp3) is 0.118. The molecule has 0 bridgehead atoms. The van der Waals surface area contributed by atoms with E-state index < -0.39 is 11.9 Å². The first-order valence-electron chi connectivity index (χ1n) is 7.68. The van der Waals surface area contributed by atoms with Gasteiger partial charge in [-0.3, -0.25) is 9.50 Å². The Hall–Kier alpha value is -3.26. The van der Waals surface area contributed by atoms with Crippen LogP contribution >= 0.6 is 0 Å². The Morgan fingerprint density at radius 1 is 1.20 bits per heavy atom. The molecule has 0 radical (unpaired) electrons. The van der Waals surface area contributed by atoms with Gasteiger partial charge in [0.05, 0.1) is 0 Å². The van der Waals surface area contributed by atoms with Crippen molar-refractivity contribution in [2.45, 2.75) is 13.0 Å². The molecule has 3 N–H and O–H groups in total. The first-order chi connectivity index (χ1) is 12.1. The fourth-order valence-corrected chi connectivity index (χ4v) is 2.58. The molecule has 1 atom stereocenters. The minimum Gasteiger partial charge on any atom is -0.380 e. The molecule has 0 saturated carbocycles. The third-order valence-electron chi connectivity index (χ3n) is 3.76. The Labute approximate surface area is 142 Å². The fourth-order valence-electron chi connectivity index (χ4n) is 2.58. The molecular weight excluding hydrogens is 323 g/mol. The van der Waals surface area contributed by atoms with Crippen LogP contribution in [0.15, 0.2) is 48.7 Å². The first kappa shape index (κ1) is 15.3. The van der Waals surface area contributed by atoms with Crippen molar-refractivity contribution >= 4 is 17.4 Å². The van der Waals surface area contributed by atoms with Crippen molar-refractivity contribution in [3.05, 3.63) is 71.6 Å². The average Bonchev–Trinajstić information content (AvgIpc) is 3.23. The van der Waals surface area contributed by atoms with E-state index in [4.69, 9.17) is 0 Å². The number of aromatic nitrogens is 5. The number of aliphatic hydroxyl groups is 1. The van der Waals surface area contributed by atoms with Gasteiger partial charge in [0.1, 0.15) is 17.6 Å². The Bertz CT molecular complexity index is 1040. The number of aromatic amines is 1. The molecule has 1 unspecified atom stereocenters. The lowest BCUT2D eigenvalue weighted by molar-refractivity contribution is 0.209. The zero-order valence-corrected chi connectivity index (χ0v) is 13.3. The van der Waals surface area contributed by atoms with Crippen LogP contribution in [0.1, 0.15) is 23.2 Å². The summed E-state index contributed by atoms with van der Waals surface area (Å²) in [5.41, 5.74) is 1.90. The Balaban J connectivity index is 1.77. The summed E-state index contributed by atoms with van der Waals surface area (Å²) in [6.45, 7) is 1.89. The number of halogens is 1. The topological polar surface area (TPSA) is 91.1 Å². The molecule has 126 valence electrons. The largest absolute Gasteiger partial charge is 0.380 e. The Kier molecular flexibility index (Phi) is 3.66. The molecule has 8 heteroatoms. The van der Waals surface area contributed by atoms with Gasteiger partial charge in [0.25, 0.3) is 0 Å². The summed E-state index contributed by atoms with van der Waals surface area (Å²) in [7, 11) is 0. The maximum absolute atomic E-state index is 13.4. The molecule has 0 aliphatic heterocycles. The summed E-state index contributed by atoms with van der Waals surface area (Å²) in [5.74, 6) is 0.793. The standard InChI is InChI=1S/C17H15FN6O/c1-10-8-13(23-22-10)19-17-21-16(20-14-6-3-7-24(14)17)15(25)11-4-2-5-12(18)9-11/h2-9,15,25H,1H3,(H2,19,20,21,22,23). The summed E-state index contributed by atoms with van der Waals surface area (Å²) >= 11 is 0. The number of nitrogens with one attached hydrogen (secondary N) is 2. The van der Waals surface area contributed by atoms with Gasteiger partial charge in [-0.25, -0.2) is 9.37 Å². The van der Waals surface area contributed by atoms with Crippen molar-refractivity contribution in [3.63, 3.8) is 0 Å². The predicted molar refractivity (Wildman–Crippen MR) is 90.1 cm³/mol. The van der Waals surface area contributed by atoms with Crippen molar-refractivity contribution < 1.29 is 9.50 Å². The van der Waals surface area contributed by atoms with Crippen molar-refractivity contribution in [1.29, 1.82) is 0 Å². The highest BCUT2D eigenvalue weighted by Gasteiger charge is 2.17. The number of H-pyrrole nitrogens is 1. The van der Waals surface area contributed by atoms with Gasteiger partial charge in [-0.05, 0) is 36.8 Å². The lowest BCUT2D eigenvalue weighted by atomic mass is 10.1. The van der Waals surface area contributed by atoms with Gasteiger partial charge in [0, 0.05) is 18.0 Å². The summed E-state index contributed by atoms with van der Waals surface area (Å²) < 4.78 is 15.2. The first-order valence-corrected chi connectivity index (χ1v) is 7.68. The van der Waals surface area contributed by atoms with Crippen molar-refractivity contribution in [3.8, 4) is 0 Å². The van der Waals surface area contributed by atoms with Gasteiger partial charge in [-0.1, -0.05) is 12.1 Å². The van der Waals surface area contributed by atoms with E-state index >= 15 is 0 Å². The van der Waals surface area contributed by atoms with Crippen LogP contribution in [0.5, 0.6) is 0 Å². The molecule has 0 fully saturated rings. The van der Waals surface area contributed by atoms with E-state index in [1.54, 1.807) is 22.7 Å². The van der Waals surface area contributed by atoms with E-state index in [0.29, 0.717) is 23.0 Å². The van der Waals surface area contributed by atoms with Crippen molar-refractivity contribution in [1.82, 2.24) is 24.6 Å². The number of nitrogens with zero attached hydrogens (tertiary/aromatic N) is 4. The van der Waals surface area contributed by atoms with Gasteiger partial charge in [-0.2, -0.15) is 10.1 Å². The molecule has 0 saturated heterocycles. The van der Waals surface area contributed by atoms with Crippen LogP contribution < -0.4 is 5.32 Å². The van der Waals surface area contributed by atoms with Crippen LogP contribution in [0.2, 0.25) is 0 Å². The number of hydrogen-bond donors (Lipinski definition) is 3. The molecule has 3 aromatic heterocycles. The Morgan fingerprint density at radius 2 is 2.08 bits per heavy atom. The van der Waals surface area contributed by atoms with E-state index in [2.05, 4.69) is 25.5 Å². The molecule has 25 heavy (non-hydrogen) atoms. The third kappa shape index (κ3) is 2.94. The molecule has 7 nitrogen and oxygen atoms in total. The lowest BCUT2D eigenvalue weighted by Gasteiger charge is -2.13. The van der Waals surface area contributed by atoms with Crippen LogP contribution in [0.4, 0.5) is 16.2 Å². The van der Waals surface area contributed by atoms with Gasteiger partial charge in [-0.15, -0.1) is 0 Å². The maximum atomic E-state index is 13.4. The summed E-state index contributed by atoms with van der Waals surface area (Å²) in [5, 5.41) is 20.6. The normalized spacial score (nSPS) is 12.4. The Morgan fingerprint density at radius 3 is 2.84 bits per heavy atom. The van der Waals surface area contributed by atoms with Crippen molar-refractivity contribution in [2.24, 2.45) is 0 Å². The molecule has 3 heterocycles. The molecule has 0 aliphatic rings. The molecule has 4 rings (SSSR count). The van der Waals surface area contributed by atoms with E-state index in [0.717, 1.165) is 5.69 Å². The third-order valence-corrected chi connectivity index (χ3v) is 3.76. The number of aliphatic hydroxyl groups excluding tert-OH is 1. The van der Waals surface area contributed by atoms with E-state index in [1.165, 1.54) is 18.2 Å². The molecule has 0 aliphatic carbocycles. The number of hydrogen-bond acceptors (Lipinski definition) is 5. The smallest absolute Gasteiger partial charge is 0.216 e. The van der Waals surface area contributed by atoms with Gasteiger partial charge >= 0.3 is 0 Å². The number of anilines is 2. The van der Waals surface area contributed by atoms with Crippen LogP contribution in [0, 0.1) is 12.7 Å². The number of aryl methyl sites for hydroxylation is 1. The second-order valence-corrected chi connectivity index (χ2v) is 5.66. The number of fused-ring (bicyclic) bond motifs is 1. The van der Waals surface area contributed by atoms with Crippen molar-refractivity contribution in [2.75, 3.05) is 5.32 Å². The molecular formula is C17H15FN6O. The second kappa shape index (κ2) is 5.99. The minimum atomic E-state index is -1.14. The molecule has 0 spiro atoms. The highest BCUT2D eigenvalue weighted by atomic mass is 19.1. The zero-order valence-electron chi connectivity index (χ0n) is 13.3. The van der Waals surface area contributed by atoms with Gasteiger partial charge in [0.15, 0.2) is 11.6 Å². The maximum Gasteiger partial charge on any atom is 0.216 e. The van der Waals surface area contributed by atoms with Gasteiger partial charge in [0.2, 0.25) is 5.95 Å².